The summed E-state index contributed by atoms with van der Waals surface area (Å²) in [7, 11) is 1.30. The Bertz CT molecular complexity index is 784. The number of nitriles is 1. The van der Waals surface area contributed by atoms with Crippen LogP contribution in [0.1, 0.15) is 21.5 Å². The van der Waals surface area contributed by atoms with Gasteiger partial charge in [0.1, 0.15) is 0 Å². The third-order valence-corrected chi connectivity index (χ3v) is 4.17. The molecular weight excluding hydrogens is 324 g/mol. The SMILES string of the molecule is COC(=O)c1ccccc1NC(=O)CSCc1cccc(C#N)c1. The fourth-order valence-electron chi connectivity index (χ4n) is 2.06. The summed E-state index contributed by atoms with van der Waals surface area (Å²) in [6.07, 6.45) is 0. The zero-order chi connectivity index (χ0) is 17.4. The second-order valence-electron chi connectivity index (χ2n) is 4.89. The van der Waals surface area contributed by atoms with E-state index in [0.29, 0.717) is 22.6 Å². The topological polar surface area (TPSA) is 79.2 Å². The summed E-state index contributed by atoms with van der Waals surface area (Å²) < 4.78 is 4.70. The van der Waals surface area contributed by atoms with E-state index in [9.17, 15) is 9.59 Å². The lowest BCUT2D eigenvalue weighted by Gasteiger charge is -2.09. The molecular formula is C18H16N2O3S. The molecule has 2 aromatic rings. The lowest BCUT2D eigenvalue weighted by molar-refractivity contribution is -0.113. The maximum absolute atomic E-state index is 12.1. The van der Waals surface area contributed by atoms with Gasteiger partial charge in [0.25, 0.3) is 0 Å². The molecule has 1 N–H and O–H groups in total. The molecule has 0 unspecified atom stereocenters. The van der Waals surface area contributed by atoms with Gasteiger partial charge >= 0.3 is 5.97 Å². The number of para-hydroxylation sites is 1. The predicted octanol–water partition coefficient (Wildman–Crippen LogP) is 3.22. The van der Waals surface area contributed by atoms with E-state index in [4.69, 9.17) is 10.00 Å². The van der Waals surface area contributed by atoms with Gasteiger partial charge in [-0.25, -0.2) is 4.79 Å². The number of amides is 1. The van der Waals surface area contributed by atoms with Crippen molar-refractivity contribution in [3.05, 3.63) is 65.2 Å². The number of carbonyl (C=O) groups is 2. The fourth-order valence-corrected chi connectivity index (χ4v) is 2.83. The van der Waals surface area contributed by atoms with Crippen molar-refractivity contribution in [2.75, 3.05) is 18.2 Å². The molecule has 1 amide bonds. The van der Waals surface area contributed by atoms with Gasteiger partial charge in [-0.05, 0) is 29.8 Å². The number of nitrogens with zero attached hydrogens (tertiary/aromatic N) is 1. The zero-order valence-corrected chi connectivity index (χ0v) is 13.9. The van der Waals surface area contributed by atoms with Crippen molar-refractivity contribution < 1.29 is 14.3 Å². The van der Waals surface area contributed by atoms with Gasteiger partial charge < -0.3 is 10.1 Å². The number of methoxy groups -OCH3 is 1. The quantitative estimate of drug-likeness (QED) is 0.817. The smallest absolute Gasteiger partial charge is 0.339 e. The summed E-state index contributed by atoms with van der Waals surface area (Å²) in [5.41, 5.74) is 2.34. The minimum absolute atomic E-state index is 0.201. The normalized spacial score (nSPS) is 9.83. The molecule has 0 atom stereocenters. The van der Waals surface area contributed by atoms with Gasteiger partial charge in [-0.1, -0.05) is 24.3 Å². The highest BCUT2D eigenvalue weighted by molar-refractivity contribution is 7.99. The molecule has 0 bridgehead atoms. The summed E-state index contributed by atoms with van der Waals surface area (Å²) in [5.74, 6) is 0.174. The Labute approximate surface area is 144 Å². The molecule has 0 aliphatic heterocycles. The summed E-state index contributed by atoms with van der Waals surface area (Å²) in [4.78, 5) is 23.7. The van der Waals surface area contributed by atoms with Gasteiger partial charge in [0.2, 0.25) is 5.91 Å². The number of nitrogens with one attached hydrogen (secondary N) is 1. The third kappa shape index (κ3) is 4.86. The number of carbonyl (C=O) groups excluding carboxylic acids is 2. The number of anilines is 1. The Hall–Kier alpha value is -2.78. The zero-order valence-electron chi connectivity index (χ0n) is 13.1. The molecule has 24 heavy (non-hydrogen) atoms. The molecule has 0 heterocycles. The third-order valence-electron chi connectivity index (χ3n) is 3.16. The summed E-state index contributed by atoms with van der Waals surface area (Å²) in [6.45, 7) is 0. The van der Waals surface area contributed by atoms with Crippen LogP contribution in [-0.2, 0) is 15.3 Å². The number of hydrogen-bond donors (Lipinski definition) is 1. The monoisotopic (exact) mass is 340 g/mol. The first-order valence-electron chi connectivity index (χ1n) is 7.18. The minimum Gasteiger partial charge on any atom is -0.465 e. The van der Waals surface area contributed by atoms with E-state index in [1.54, 1.807) is 36.4 Å². The van der Waals surface area contributed by atoms with E-state index in [-0.39, 0.29) is 11.7 Å². The van der Waals surface area contributed by atoms with Gasteiger partial charge in [-0.2, -0.15) is 5.26 Å². The van der Waals surface area contributed by atoms with E-state index in [1.165, 1.54) is 18.9 Å². The van der Waals surface area contributed by atoms with Gasteiger partial charge in [0.15, 0.2) is 0 Å². The first-order chi connectivity index (χ1) is 11.6. The molecule has 0 aromatic heterocycles. The maximum atomic E-state index is 12.1. The van der Waals surface area contributed by atoms with Crippen molar-refractivity contribution in [2.45, 2.75) is 5.75 Å². The van der Waals surface area contributed by atoms with Crippen LogP contribution in [0.2, 0.25) is 0 Å². The fraction of sp³-hybridized carbons (Fsp3) is 0.167. The number of benzene rings is 2. The van der Waals surface area contributed by atoms with Gasteiger partial charge in [-0.3, -0.25) is 4.79 Å². The van der Waals surface area contributed by atoms with Crippen LogP contribution in [0.15, 0.2) is 48.5 Å². The molecule has 0 spiro atoms. The minimum atomic E-state index is -0.494. The Morgan fingerprint density at radius 1 is 1.21 bits per heavy atom. The molecule has 0 aliphatic carbocycles. The van der Waals surface area contributed by atoms with Crippen molar-refractivity contribution in [2.24, 2.45) is 0 Å². The average Bonchev–Trinajstić information content (AvgIpc) is 2.61. The van der Waals surface area contributed by atoms with E-state index >= 15 is 0 Å². The van der Waals surface area contributed by atoms with Gasteiger partial charge in [-0.15, -0.1) is 11.8 Å². The number of hydrogen-bond acceptors (Lipinski definition) is 5. The summed E-state index contributed by atoms with van der Waals surface area (Å²) >= 11 is 1.44. The first kappa shape index (κ1) is 17.6. The summed E-state index contributed by atoms with van der Waals surface area (Å²) in [5, 5.41) is 11.6. The van der Waals surface area contributed by atoms with Crippen LogP contribution >= 0.6 is 11.8 Å². The van der Waals surface area contributed by atoms with Crippen LogP contribution in [0.25, 0.3) is 0 Å². The molecule has 0 radical (unpaired) electrons. The number of thioether (sulfide) groups is 1. The second-order valence-corrected chi connectivity index (χ2v) is 5.88. The van der Waals surface area contributed by atoms with Gasteiger partial charge in [0.05, 0.1) is 35.7 Å². The Kier molecular flexibility index (Phi) is 6.41. The van der Waals surface area contributed by atoms with Gasteiger partial charge in [0, 0.05) is 5.75 Å². The highest BCUT2D eigenvalue weighted by atomic mass is 32.2. The molecule has 2 aromatic carbocycles. The maximum Gasteiger partial charge on any atom is 0.339 e. The van der Waals surface area contributed by atoms with Crippen molar-refractivity contribution >= 4 is 29.3 Å². The molecule has 0 aliphatic rings. The number of rotatable bonds is 6. The van der Waals surface area contributed by atoms with Crippen LogP contribution in [0.4, 0.5) is 5.69 Å². The Balaban J connectivity index is 1.90. The molecule has 0 fully saturated rings. The van der Waals surface area contributed by atoms with Crippen molar-refractivity contribution in [1.82, 2.24) is 0 Å². The molecule has 122 valence electrons. The first-order valence-corrected chi connectivity index (χ1v) is 8.33. The van der Waals surface area contributed by atoms with Crippen molar-refractivity contribution in [3.8, 4) is 6.07 Å². The number of esters is 1. The Morgan fingerprint density at radius 2 is 2.00 bits per heavy atom. The van der Waals surface area contributed by atoms with Crippen LogP contribution in [-0.4, -0.2) is 24.7 Å². The molecule has 0 saturated carbocycles. The standard InChI is InChI=1S/C18H16N2O3S/c1-23-18(22)15-7-2-3-8-16(15)20-17(21)12-24-11-14-6-4-5-13(9-14)10-19/h2-9H,11-12H2,1H3,(H,20,21). The second kappa shape index (κ2) is 8.75. The van der Waals surface area contributed by atoms with Crippen LogP contribution in [0, 0.1) is 11.3 Å². The lowest BCUT2D eigenvalue weighted by Crippen LogP contribution is -2.17. The van der Waals surface area contributed by atoms with E-state index in [0.717, 1.165) is 5.56 Å². The van der Waals surface area contributed by atoms with Crippen LogP contribution in [0.5, 0.6) is 0 Å². The van der Waals surface area contributed by atoms with Crippen LogP contribution in [0.3, 0.4) is 0 Å². The molecule has 0 saturated heterocycles. The average molecular weight is 340 g/mol. The highest BCUT2D eigenvalue weighted by Gasteiger charge is 2.13. The van der Waals surface area contributed by atoms with E-state index < -0.39 is 5.97 Å². The number of ether oxygens (including phenoxy) is 1. The molecule has 6 heteroatoms. The van der Waals surface area contributed by atoms with E-state index in [2.05, 4.69) is 11.4 Å². The molecule has 5 nitrogen and oxygen atoms in total. The summed E-state index contributed by atoms with van der Waals surface area (Å²) in [6, 6.07) is 16.1. The highest BCUT2D eigenvalue weighted by Crippen LogP contribution is 2.18. The van der Waals surface area contributed by atoms with Crippen molar-refractivity contribution in [1.29, 1.82) is 5.26 Å². The van der Waals surface area contributed by atoms with Crippen LogP contribution < -0.4 is 5.32 Å². The predicted molar refractivity (Wildman–Crippen MR) is 93.7 cm³/mol. The van der Waals surface area contributed by atoms with E-state index in [1.807, 2.05) is 12.1 Å². The largest absolute Gasteiger partial charge is 0.465 e. The van der Waals surface area contributed by atoms with Crippen molar-refractivity contribution in [3.63, 3.8) is 0 Å². The Morgan fingerprint density at radius 3 is 2.75 bits per heavy atom. The molecule has 2 rings (SSSR count). The lowest BCUT2D eigenvalue weighted by atomic mass is 10.2.